The molecule has 12 heteroatoms. The van der Waals surface area contributed by atoms with Crippen LogP contribution in [0.5, 0.6) is 11.5 Å². The van der Waals surface area contributed by atoms with E-state index < -0.39 is 6.29 Å². The van der Waals surface area contributed by atoms with Gasteiger partial charge in [-0.1, -0.05) is 11.3 Å². The summed E-state index contributed by atoms with van der Waals surface area (Å²) in [4.78, 5) is 22.6. The zero-order valence-electron chi connectivity index (χ0n) is 13.6. The van der Waals surface area contributed by atoms with Crippen LogP contribution in [-0.2, 0) is 0 Å². The number of thiazole rings is 1. The molecule has 9 nitrogen and oxygen atoms in total. The van der Waals surface area contributed by atoms with Crippen LogP contribution in [0.15, 0.2) is 18.5 Å². The molecule has 0 saturated carbocycles. The Hall–Kier alpha value is -3.02. The lowest BCUT2D eigenvalue weighted by Gasteiger charge is -2.15. The summed E-state index contributed by atoms with van der Waals surface area (Å²) in [5.41, 5.74) is 0.441. The maximum Gasteiger partial charge on any atom is 0.586 e. The first kappa shape index (κ1) is 16.2. The third-order valence-electron chi connectivity index (χ3n) is 4.42. The summed E-state index contributed by atoms with van der Waals surface area (Å²) < 4.78 is 35.7. The molecule has 2 aromatic heterocycles. The summed E-state index contributed by atoms with van der Waals surface area (Å²) >= 11 is 1.17. The molecule has 2 aliphatic rings. The maximum atomic E-state index is 13.1. The lowest BCUT2D eigenvalue weighted by Crippen LogP contribution is -2.32. The zero-order chi connectivity index (χ0) is 18.6. The van der Waals surface area contributed by atoms with Crippen molar-refractivity contribution in [1.29, 1.82) is 0 Å². The van der Waals surface area contributed by atoms with Crippen LogP contribution in [0.25, 0.3) is 10.2 Å². The Bertz CT molecular complexity index is 979. The molecule has 1 fully saturated rings. The van der Waals surface area contributed by atoms with Gasteiger partial charge in [0.1, 0.15) is 12.2 Å². The number of rotatable bonds is 2. The summed E-state index contributed by atoms with van der Waals surface area (Å²) in [6, 6.07) is 2.52. The quantitative estimate of drug-likeness (QED) is 0.693. The molecule has 3 aromatic rings. The molecule has 1 atom stereocenters. The molecule has 2 aliphatic heterocycles. The lowest BCUT2D eigenvalue weighted by atomic mass is 10.1. The predicted molar refractivity (Wildman–Crippen MR) is 90.2 cm³/mol. The molecule has 0 radical (unpaired) electrons. The van der Waals surface area contributed by atoms with Gasteiger partial charge in [0.15, 0.2) is 16.6 Å². The van der Waals surface area contributed by atoms with Crippen molar-refractivity contribution >= 4 is 32.7 Å². The number of alkyl halides is 2. The van der Waals surface area contributed by atoms with Gasteiger partial charge in [0, 0.05) is 31.1 Å². The zero-order valence-corrected chi connectivity index (χ0v) is 14.4. The van der Waals surface area contributed by atoms with E-state index in [2.05, 4.69) is 35.0 Å². The van der Waals surface area contributed by atoms with Gasteiger partial charge < -0.3 is 14.4 Å². The highest BCUT2D eigenvalue weighted by Gasteiger charge is 2.43. The number of anilines is 1. The van der Waals surface area contributed by atoms with Gasteiger partial charge in [-0.25, -0.2) is 14.8 Å². The fourth-order valence-corrected chi connectivity index (χ4v) is 4.04. The molecule has 2 N–H and O–H groups in total. The monoisotopic (exact) mass is 394 g/mol. The molecule has 1 saturated heterocycles. The molecule has 1 aromatic carbocycles. The van der Waals surface area contributed by atoms with Gasteiger partial charge in [-0.15, -0.1) is 8.78 Å². The number of halogens is 2. The number of hydrogen-bond acceptors (Lipinski definition) is 7. The Balaban J connectivity index is 1.30. The number of carbonyl (C=O) groups excluding carboxylic acids is 1. The van der Waals surface area contributed by atoms with Crippen LogP contribution in [0, 0.1) is 0 Å². The summed E-state index contributed by atoms with van der Waals surface area (Å²) in [6.07, 6.45) is -1.43. The largest absolute Gasteiger partial charge is 0.586 e. The number of carbonyl (C=O) groups is 1. The average molecular weight is 394 g/mol. The lowest BCUT2D eigenvalue weighted by molar-refractivity contribution is -0.286. The van der Waals surface area contributed by atoms with E-state index in [9.17, 15) is 13.6 Å². The molecule has 2 amide bonds. The van der Waals surface area contributed by atoms with Crippen LogP contribution >= 0.6 is 11.3 Å². The summed E-state index contributed by atoms with van der Waals surface area (Å²) in [6.45, 7) is 1.12. The first-order valence-corrected chi connectivity index (χ1v) is 8.90. The molecular formula is C15H12F2N6O3S. The average Bonchev–Trinajstić information content (AvgIpc) is 3.36. The highest BCUT2D eigenvalue weighted by atomic mass is 32.1. The third kappa shape index (κ3) is 2.91. The molecule has 0 bridgehead atoms. The van der Waals surface area contributed by atoms with Crippen molar-refractivity contribution in [2.24, 2.45) is 0 Å². The van der Waals surface area contributed by atoms with Crippen LogP contribution in [0.2, 0.25) is 0 Å². The van der Waals surface area contributed by atoms with Crippen molar-refractivity contribution in [3.05, 3.63) is 24.3 Å². The van der Waals surface area contributed by atoms with Gasteiger partial charge in [-0.2, -0.15) is 5.10 Å². The number of hydrogen-bond donors (Lipinski definition) is 2. The van der Waals surface area contributed by atoms with Crippen LogP contribution in [0.1, 0.15) is 18.2 Å². The Morgan fingerprint density at radius 3 is 2.96 bits per heavy atom. The Kier molecular flexibility index (Phi) is 3.44. The normalized spacial score (nSPS) is 20.4. The number of H-pyrrole nitrogens is 1. The SMILES string of the molecule is O=C(Nc1nc2cc3c(cc2s1)OC(F)(F)O3)N1CCC(c2ncn[nH]2)C1. The van der Waals surface area contributed by atoms with Crippen molar-refractivity contribution in [2.45, 2.75) is 18.6 Å². The number of aromatic amines is 1. The number of benzene rings is 1. The number of nitrogens with one attached hydrogen (secondary N) is 2. The molecule has 140 valence electrons. The fraction of sp³-hybridized carbons (Fsp3) is 0.333. The van der Waals surface area contributed by atoms with E-state index >= 15 is 0 Å². The van der Waals surface area contributed by atoms with E-state index in [0.717, 1.165) is 12.2 Å². The number of likely N-dealkylation sites (tertiary alicyclic amines) is 1. The van der Waals surface area contributed by atoms with Crippen LogP contribution < -0.4 is 14.8 Å². The summed E-state index contributed by atoms with van der Waals surface area (Å²) in [5.74, 6) is 0.748. The second-order valence-electron chi connectivity index (χ2n) is 6.19. The van der Waals surface area contributed by atoms with Crippen molar-refractivity contribution in [2.75, 3.05) is 18.4 Å². The molecule has 0 spiro atoms. The number of fused-ring (bicyclic) bond motifs is 2. The molecule has 5 rings (SSSR count). The Morgan fingerprint density at radius 1 is 1.37 bits per heavy atom. The second kappa shape index (κ2) is 5.74. The molecular weight excluding hydrogens is 382 g/mol. The van der Waals surface area contributed by atoms with E-state index in [1.807, 2.05) is 0 Å². The minimum atomic E-state index is -3.67. The van der Waals surface area contributed by atoms with E-state index in [1.54, 1.807) is 4.90 Å². The van der Waals surface area contributed by atoms with Crippen molar-refractivity contribution in [1.82, 2.24) is 25.1 Å². The molecule has 1 unspecified atom stereocenters. The molecule has 4 heterocycles. The number of urea groups is 1. The topological polar surface area (TPSA) is 105 Å². The van der Waals surface area contributed by atoms with Gasteiger partial charge >= 0.3 is 12.3 Å². The fourth-order valence-electron chi connectivity index (χ4n) is 3.18. The van der Waals surface area contributed by atoms with Crippen LogP contribution in [0.4, 0.5) is 18.7 Å². The predicted octanol–water partition coefficient (Wildman–Crippen LogP) is 2.76. The molecule has 0 aliphatic carbocycles. The van der Waals surface area contributed by atoms with Gasteiger partial charge in [-0.3, -0.25) is 10.4 Å². The van der Waals surface area contributed by atoms with Crippen molar-refractivity contribution in [3.8, 4) is 11.5 Å². The van der Waals surface area contributed by atoms with E-state index in [0.29, 0.717) is 28.4 Å². The highest BCUT2D eigenvalue weighted by molar-refractivity contribution is 7.22. The van der Waals surface area contributed by atoms with E-state index in [4.69, 9.17) is 0 Å². The minimum Gasteiger partial charge on any atom is -0.395 e. The van der Waals surface area contributed by atoms with Gasteiger partial charge in [0.25, 0.3) is 0 Å². The van der Waals surface area contributed by atoms with Crippen LogP contribution in [-0.4, -0.2) is 50.5 Å². The van der Waals surface area contributed by atoms with Crippen LogP contribution in [0.3, 0.4) is 0 Å². The van der Waals surface area contributed by atoms with Gasteiger partial charge in [0.2, 0.25) is 0 Å². The number of aromatic nitrogens is 4. The number of amides is 2. The van der Waals surface area contributed by atoms with Gasteiger partial charge in [-0.05, 0) is 6.42 Å². The first-order chi connectivity index (χ1) is 13.0. The minimum absolute atomic E-state index is 0.0523. The third-order valence-corrected chi connectivity index (χ3v) is 5.35. The maximum absolute atomic E-state index is 13.1. The first-order valence-electron chi connectivity index (χ1n) is 8.08. The van der Waals surface area contributed by atoms with Gasteiger partial charge in [0.05, 0.1) is 10.2 Å². The Morgan fingerprint density at radius 2 is 2.19 bits per heavy atom. The number of ether oxygens (including phenoxy) is 2. The van der Waals surface area contributed by atoms with E-state index in [1.165, 1.54) is 29.8 Å². The standard InChI is InChI=1S/C15H12F2N6O3S/c16-15(17)25-9-3-8-11(4-10(9)26-15)27-13(20-8)21-14(24)23-2-1-7(5-23)12-18-6-19-22-12/h3-4,6-7H,1-2,5H2,(H,18,19,22)(H,20,21,24). The summed E-state index contributed by atoms with van der Waals surface area (Å²) in [5, 5.41) is 9.78. The number of nitrogens with zero attached hydrogens (tertiary/aromatic N) is 4. The van der Waals surface area contributed by atoms with Crippen molar-refractivity contribution in [3.63, 3.8) is 0 Å². The van der Waals surface area contributed by atoms with Crippen molar-refractivity contribution < 1.29 is 23.0 Å². The van der Waals surface area contributed by atoms with E-state index in [-0.39, 0.29) is 23.4 Å². The Labute approximate surface area is 154 Å². The summed E-state index contributed by atoms with van der Waals surface area (Å²) in [7, 11) is 0. The second-order valence-corrected chi connectivity index (χ2v) is 7.22. The highest BCUT2D eigenvalue weighted by Crippen LogP contribution is 2.44. The molecule has 27 heavy (non-hydrogen) atoms. The smallest absolute Gasteiger partial charge is 0.395 e.